The van der Waals surface area contributed by atoms with Gasteiger partial charge >= 0.3 is 12.1 Å². The van der Waals surface area contributed by atoms with E-state index < -0.39 is 23.6 Å². The lowest BCUT2D eigenvalue weighted by Crippen LogP contribution is -2.34. The van der Waals surface area contributed by atoms with Gasteiger partial charge in [0.1, 0.15) is 12.4 Å². The number of ether oxygens (including phenoxy) is 2. The van der Waals surface area contributed by atoms with Crippen LogP contribution < -0.4 is 4.74 Å². The number of alkyl halides is 3. The second-order valence-electron chi connectivity index (χ2n) is 5.77. The molecule has 1 atom stereocenters. The Hall–Kier alpha value is -1.72. The number of carbonyl (C=O) groups is 1. The van der Waals surface area contributed by atoms with Crippen molar-refractivity contribution in [1.29, 1.82) is 0 Å². The Balaban J connectivity index is 2.75. The monoisotopic (exact) mass is 304 g/mol. The van der Waals surface area contributed by atoms with Crippen molar-refractivity contribution < 1.29 is 27.4 Å². The lowest BCUT2D eigenvalue weighted by Gasteiger charge is -2.28. The quantitative estimate of drug-likeness (QED) is 0.791. The molecule has 0 spiro atoms. The lowest BCUT2D eigenvalue weighted by atomic mass is 9.81. The van der Waals surface area contributed by atoms with Gasteiger partial charge in [-0.15, -0.1) is 0 Å². The summed E-state index contributed by atoms with van der Waals surface area (Å²) < 4.78 is 47.5. The first-order valence-corrected chi connectivity index (χ1v) is 6.43. The molecule has 0 saturated carbocycles. The van der Waals surface area contributed by atoms with Crippen molar-refractivity contribution in [2.45, 2.75) is 26.9 Å². The molecular weight excluding hydrogens is 285 g/mol. The van der Waals surface area contributed by atoms with Gasteiger partial charge < -0.3 is 9.47 Å². The molecular formula is C15H19F3O3. The van der Waals surface area contributed by atoms with Crippen molar-refractivity contribution in [3.8, 4) is 5.75 Å². The highest BCUT2D eigenvalue weighted by atomic mass is 19.4. The molecule has 0 aliphatic carbocycles. The van der Waals surface area contributed by atoms with Gasteiger partial charge in [0.2, 0.25) is 0 Å². The minimum absolute atomic E-state index is 0.0432. The molecule has 0 heterocycles. The molecule has 1 unspecified atom stereocenters. The van der Waals surface area contributed by atoms with Gasteiger partial charge in [-0.1, -0.05) is 20.8 Å². The Bertz CT molecular complexity index is 472. The minimum Gasteiger partial charge on any atom is -0.493 e. The molecule has 0 aromatic heterocycles. The largest absolute Gasteiger partial charge is 0.493 e. The number of halogens is 3. The summed E-state index contributed by atoms with van der Waals surface area (Å²) in [6.07, 6.45) is -4.38. The minimum atomic E-state index is -4.38. The van der Waals surface area contributed by atoms with E-state index in [9.17, 15) is 18.0 Å². The Morgan fingerprint density at radius 3 is 2.05 bits per heavy atom. The van der Waals surface area contributed by atoms with E-state index in [4.69, 9.17) is 9.47 Å². The average Bonchev–Trinajstić information content (AvgIpc) is 2.36. The Morgan fingerprint density at radius 1 is 1.14 bits per heavy atom. The third kappa shape index (κ3) is 4.95. The van der Waals surface area contributed by atoms with Gasteiger partial charge in [0.15, 0.2) is 0 Å². The number of hydrogen-bond donors (Lipinski definition) is 0. The molecule has 21 heavy (non-hydrogen) atoms. The fourth-order valence-electron chi connectivity index (χ4n) is 1.73. The van der Waals surface area contributed by atoms with E-state index in [2.05, 4.69) is 0 Å². The maximum atomic E-state index is 12.4. The van der Waals surface area contributed by atoms with Gasteiger partial charge in [-0.05, 0) is 29.7 Å². The number of esters is 1. The zero-order valence-electron chi connectivity index (χ0n) is 12.5. The molecule has 6 heteroatoms. The van der Waals surface area contributed by atoms with Gasteiger partial charge in [-0.3, -0.25) is 4.79 Å². The van der Waals surface area contributed by atoms with Gasteiger partial charge in [-0.2, -0.15) is 13.2 Å². The lowest BCUT2D eigenvalue weighted by molar-refractivity contribution is -0.150. The Morgan fingerprint density at radius 2 is 1.67 bits per heavy atom. The number of methoxy groups -OCH3 is 1. The summed E-state index contributed by atoms with van der Waals surface area (Å²) in [5.74, 6) is -0.639. The van der Waals surface area contributed by atoms with Crippen molar-refractivity contribution in [1.82, 2.24) is 0 Å². The maximum absolute atomic E-state index is 12.4. The van der Waals surface area contributed by atoms with E-state index in [-0.39, 0.29) is 17.8 Å². The van der Waals surface area contributed by atoms with E-state index in [1.54, 1.807) is 0 Å². The summed E-state index contributed by atoms with van der Waals surface area (Å²) in [6, 6.07) is 4.36. The van der Waals surface area contributed by atoms with E-state index in [0.29, 0.717) is 0 Å². The first-order chi connectivity index (χ1) is 9.55. The molecule has 3 nitrogen and oxygen atoms in total. The van der Waals surface area contributed by atoms with Crippen LogP contribution in [0.3, 0.4) is 0 Å². The molecule has 1 aromatic carbocycles. The first-order valence-electron chi connectivity index (χ1n) is 6.43. The SMILES string of the molecule is COC(=O)C(COc1ccc(C(F)(F)F)cc1)C(C)(C)C. The number of hydrogen-bond acceptors (Lipinski definition) is 3. The smallest absolute Gasteiger partial charge is 0.416 e. The molecule has 0 bridgehead atoms. The van der Waals surface area contributed by atoms with Gasteiger partial charge in [-0.25, -0.2) is 0 Å². The summed E-state index contributed by atoms with van der Waals surface area (Å²) in [5, 5.41) is 0. The van der Waals surface area contributed by atoms with Crippen molar-refractivity contribution in [3.63, 3.8) is 0 Å². The highest BCUT2D eigenvalue weighted by Crippen LogP contribution is 2.31. The van der Waals surface area contributed by atoms with Crippen LogP contribution in [0.25, 0.3) is 0 Å². The fourth-order valence-corrected chi connectivity index (χ4v) is 1.73. The highest BCUT2D eigenvalue weighted by molar-refractivity contribution is 5.73. The molecule has 0 saturated heterocycles. The van der Waals surface area contributed by atoms with Crippen molar-refractivity contribution >= 4 is 5.97 Å². The van der Waals surface area contributed by atoms with Crippen LogP contribution in [0.4, 0.5) is 13.2 Å². The second kappa shape index (κ2) is 6.37. The predicted molar refractivity (Wildman–Crippen MR) is 71.9 cm³/mol. The van der Waals surface area contributed by atoms with Crippen LogP contribution in [0.5, 0.6) is 5.75 Å². The van der Waals surface area contributed by atoms with E-state index in [1.165, 1.54) is 19.2 Å². The maximum Gasteiger partial charge on any atom is 0.416 e. The summed E-state index contributed by atoms with van der Waals surface area (Å²) in [4.78, 5) is 11.7. The Kier molecular flexibility index (Phi) is 5.25. The summed E-state index contributed by atoms with van der Waals surface area (Å²) >= 11 is 0. The molecule has 0 fully saturated rings. The van der Waals surface area contributed by atoms with Crippen LogP contribution in [0, 0.1) is 11.3 Å². The average molecular weight is 304 g/mol. The zero-order valence-corrected chi connectivity index (χ0v) is 12.5. The highest BCUT2D eigenvalue weighted by Gasteiger charge is 2.33. The van der Waals surface area contributed by atoms with E-state index in [0.717, 1.165) is 12.1 Å². The van der Waals surface area contributed by atoms with Crippen molar-refractivity contribution in [2.75, 3.05) is 13.7 Å². The Labute approximate surface area is 122 Å². The number of carbonyl (C=O) groups excluding carboxylic acids is 1. The van der Waals surface area contributed by atoms with Crippen LogP contribution in [0.1, 0.15) is 26.3 Å². The summed E-state index contributed by atoms with van der Waals surface area (Å²) in [6.45, 7) is 5.64. The number of benzene rings is 1. The zero-order chi connectivity index (χ0) is 16.3. The molecule has 0 N–H and O–H groups in total. The van der Waals surface area contributed by atoms with Gasteiger partial charge in [0.25, 0.3) is 0 Å². The normalized spacial score (nSPS) is 13.7. The van der Waals surface area contributed by atoms with Crippen LogP contribution in [0.15, 0.2) is 24.3 Å². The molecule has 0 aliphatic rings. The molecule has 1 aromatic rings. The van der Waals surface area contributed by atoms with E-state index >= 15 is 0 Å². The molecule has 1 rings (SSSR count). The van der Waals surface area contributed by atoms with Gasteiger partial charge in [0.05, 0.1) is 18.6 Å². The van der Waals surface area contributed by atoms with Crippen LogP contribution in [0.2, 0.25) is 0 Å². The van der Waals surface area contributed by atoms with Crippen molar-refractivity contribution in [2.24, 2.45) is 11.3 Å². The molecule has 0 amide bonds. The van der Waals surface area contributed by atoms with Gasteiger partial charge in [0, 0.05) is 0 Å². The summed E-state index contributed by atoms with van der Waals surface area (Å²) in [7, 11) is 1.29. The van der Waals surface area contributed by atoms with Crippen LogP contribution in [-0.4, -0.2) is 19.7 Å². The van der Waals surface area contributed by atoms with Crippen LogP contribution in [-0.2, 0) is 15.7 Å². The predicted octanol–water partition coefficient (Wildman–Crippen LogP) is 3.92. The molecule has 0 aliphatic heterocycles. The molecule has 0 radical (unpaired) electrons. The third-order valence-electron chi connectivity index (χ3n) is 3.13. The molecule has 118 valence electrons. The summed E-state index contributed by atoms with van der Waals surface area (Å²) in [5.41, 5.74) is -1.12. The standard InChI is InChI=1S/C15H19F3O3/c1-14(2,3)12(13(19)20-4)9-21-11-7-5-10(6-8-11)15(16,17)18/h5-8,12H,9H2,1-4H3. The number of rotatable bonds is 4. The second-order valence-corrected chi connectivity index (χ2v) is 5.77. The van der Waals surface area contributed by atoms with Crippen LogP contribution >= 0.6 is 0 Å². The fraction of sp³-hybridized carbons (Fsp3) is 0.533. The van der Waals surface area contributed by atoms with E-state index in [1.807, 2.05) is 20.8 Å². The third-order valence-corrected chi connectivity index (χ3v) is 3.13. The topological polar surface area (TPSA) is 35.5 Å². The first kappa shape index (κ1) is 17.3. The van der Waals surface area contributed by atoms with Crippen molar-refractivity contribution in [3.05, 3.63) is 29.8 Å².